The van der Waals surface area contributed by atoms with Crippen molar-refractivity contribution in [3.8, 4) is 28.3 Å². The Labute approximate surface area is 201 Å². The normalized spacial score (nSPS) is 19.3. The van der Waals surface area contributed by atoms with Crippen molar-refractivity contribution < 1.29 is 14.2 Å². The number of aromatic nitrogens is 5. The van der Waals surface area contributed by atoms with E-state index in [-0.39, 0.29) is 27.8 Å². The van der Waals surface area contributed by atoms with Crippen molar-refractivity contribution in [2.75, 3.05) is 5.73 Å². The van der Waals surface area contributed by atoms with Crippen LogP contribution in [0.15, 0.2) is 36.7 Å². The Hall–Kier alpha value is -3.37. The third-order valence-electron chi connectivity index (χ3n) is 6.00. The van der Waals surface area contributed by atoms with E-state index < -0.39 is 17.4 Å². The highest BCUT2D eigenvalue weighted by Gasteiger charge is 2.39. The van der Waals surface area contributed by atoms with Gasteiger partial charge in [-0.3, -0.25) is 9.36 Å². The topological polar surface area (TPSA) is 104 Å². The van der Waals surface area contributed by atoms with Crippen molar-refractivity contribution in [2.24, 2.45) is 7.05 Å². The molecule has 0 saturated heterocycles. The SMILES string of the molecule is [B]C1(O)c2cn(C)nc2-c2ccc(F)cc2[C@@H](C)Oc2cc(cnc2N)-c2c1c(Cl)nn2CC. The number of aryl methyl sites for hydroxylation is 2. The standard InChI is InChI=1S/C23H21BClFN6O2/c1-4-32-20-12-7-17(22(27)28-9-12)34-11(2)15-8-13(26)5-6-14(15)19-16(10-31(3)29-19)23(24,33)18(20)21(25)30-32/h5-11,33H,4H2,1-3H3,(H2,27,28)/t11-,23?/m1/s1. The Kier molecular flexibility index (Phi) is 5.18. The second kappa shape index (κ2) is 7.85. The summed E-state index contributed by atoms with van der Waals surface area (Å²) in [7, 11) is 8.34. The molecule has 1 aliphatic heterocycles. The number of pyridine rings is 1. The van der Waals surface area contributed by atoms with Gasteiger partial charge >= 0.3 is 0 Å². The van der Waals surface area contributed by atoms with E-state index in [9.17, 15) is 9.50 Å². The minimum Gasteiger partial charge on any atom is -0.482 e. The number of fused-ring (bicyclic) bond motifs is 7. The quantitative estimate of drug-likeness (QED) is 0.406. The van der Waals surface area contributed by atoms with Crippen molar-refractivity contribution in [3.05, 3.63) is 64.3 Å². The third-order valence-corrected chi connectivity index (χ3v) is 6.26. The van der Waals surface area contributed by atoms with Crippen LogP contribution < -0.4 is 10.5 Å². The van der Waals surface area contributed by atoms with Crippen LogP contribution in [-0.4, -0.2) is 37.5 Å². The van der Waals surface area contributed by atoms with Gasteiger partial charge in [-0.25, -0.2) is 9.37 Å². The monoisotopic (exact) mass is 478 g/mol. The summed E-state index contributed by atoms with van der Waals surface area (Å²) in [6, 6.07) is 5.94. The molecule has 1 unspecified atom stereocenters. The van der Waals surface area contributed by atoms with Gasteiger partial charge < -0.3 is 15.6 Å². The van der Waals surface area contributed by atoms with Gasteiger partial charge in [-0.2, -0.15) is 10.2 Å². The van der Waals surface area contributed by atoms with Crippen LogP contribution >= 0.6 is 11.6 Å². The first-order valence-corrected chi connectivity index (χ1v) is 11.0. The molecule has 0 spiro atoms. The van der Waals surface area contributed by atoms with Gasteiger partial charge in [-0.15, -0.1) is 0 Å². The van der Waals surface area contributed by atoms with Gasteiger partial charge in [-0.1, -0.05) is 11.6 Å². The van der Waals surface area contributed by atoms with Crippen LogP contribution in [0.1, 0.15) is 36.6 Å². The van der Waals surface area contributed by atoms with Crippen LogP contribution in [-0.2, 0) is 19.1 Å². The largest absolute Gasteiger partial charge is 0.482 e. The fraction of sp³-hybridized carbons (Fsp3) is 0.261. The lowest BCUT2D eigenvalue weighted by molar-refractivity contribution is 0.173. The Morgan fingerprint density at radius 3 is 2.82 bits per heavy atom. The molecule has 5 rings (SSSR count). The molecule has 2 bridgehead atoms. The van der Waals surface area contributed by atoms with Crippen LogP contribution in [0, 0.1) is 5.82 Å². The van der Waals surface area contributed by atoms with Crippen molar-refractivity contribution in [1.82, 2.24) is 24.5 Å². The minimum atomic E-state index is -2.10. The molecule has 4 heterocycles. The maximum Gasteiger partial charge on any atom is 0.166 e. The Morgan fingerprint density at radius 2 is 2.09 bits per heavy atom. The summed E-state index contributed by atoms with van der Waals surface area (Å²) in [6.45, 7) is 4.11. The summed E-state index contributed by atoms with van der Waals surface area (Å²) in [5.74, 6) is -0.00735. The fourth-order valence-electron chi connectivity index (χ4n) is 4.41. The number of rotatable bonds is 1. The number of hydrogen-bond donors (Lipinski definition) is 2. The van der Waals surface area contributed by atoms with E-state index in [2.05, 4.69) is 15.2 Å². The predicted molar refractivity (Wildman–Crippen MR) is 127 cm³/mol. The highest BCUT2D eigenvalue weighted by Crippen LogP contribution is 2.45. The lowest BCUT2D eigenvalue weighted by Gasteiger charge is -2.27. The molecule has 3 aromatic heterocycles. The molecule has 2 radical (unpaired) electrons. The number of nitrogens with two attached hydrogens (primary N) is 1. The van der Waals surface area contributed by atoms with Crippen LogP contribution in [0.4, 0.5) is 10.2 Å². The van der Waals surface area contributed by atoms with E-state index in [4.69, 9.17) is 29.9 Å². The number of anilines is 1. The molecule has 3 N–H and O–H groups in total. The average Bonchev–Trinajstić information content (AvgIpc) is 3.35. The first kappa shape index (κ1) is 22.4. The third kappa shape index (κ3) is 3.36. The minimum absolute atomic E-state index is 0.0284. The number of ether oxygens (including phenoxy) is 1. The van der Waals surface area contributed by atoms with Crippen LogP contribution in [0.5, 0.6) is 5.75 Å². The summed E-state index contributed by atoms with van der Waals surface area (Å²) >= 11 is 6.55. The molecule has 0 saturated carbocycles. The molecule has 1 aromatic carbocycles. The smallest absolute Gasteiger partial charge is 0.166 e. The molecule has 0 amide bonds. The second-order valence-corrected chi connectivity index (χ2v) is 8.62. The van der Waals surface area contributed by atoms with Gasteiger partial charge in [0, 0.05) is 53.8 Å². The fourth-order valence-corrected chi connectivity index (χ4v) is 4.74. The number of benzene rings is 1. The lowest BCUT2D eigenvalue weighted by Crippen LogP contribution is -2.29. The zero-order valence-electron chi connectivity index (χ0n) is 18.8. The predicted octanol–water partition coefficient (Wildman–Crippen LogP) is 3.56. The molecule has 2 atom stereocenters. The number of nitrogens with zero attached hydrogens (tertiary/aromatic N) is 5. The van der Waals surface area contributed by atoms with Crippen LogP contribution in [0.2, 0.25) is 5.15 Å². The first-order valence-electron chi connectivity index (χ1n) is 10.7. The molecule has 1 aliphatic rings. The van der Waals surface area contributed by atoms with Gasteiger partial charge in [0.2, 0.25) is 0 Å². The van der Waals surface area contributed by atoms with E-state index in [1.807, 2.05) is 6.92 Å². The van der Waals surface area contributed by atoms with Crippen molar-refractivity contribution in [3.63, 3.8) is 0 Å². The van der Waals surface area contributed by atoms with Gasteiger partial charge in [0.25, 0.3) is 0 Å². The Bertz CT molecular complexity index is 1430. The summed E-state index contributed by atoms with van der Waals surface area (Å²) < 4.78 is 23.6. The Balaban J connectivity index is 1.93. The summed E-state index contributed by atoms with van der Waals surface area (Å²) in [6.07, 6.45) is 2.51. The van der Waals surface area contributed by atoms with Crippen LogP contribution in [0.3, 0.4) is 0 Å². The molecule has 4 aromatic rings. The number of halogens is 2. The lowest BCUT2D eigenvalue weighted by atomic mass is 9.69. The van der Waals surface area contributed by atoms with Gasteiger partial charge in [0.05, 0.1) is 16.9 Å². The van der Waals surface area contributed by atoms with Crippen molar-refractivity contribution in [2.45, 2.75) is 32.0 Å². The van der Waals surface area contributed by atoms with Gasteiger partial charge in [0.1, 0.15) is 19.8 Å². The zero-order chi connectivity index (χ0) is 24.4. The van der Waals surface area contributed by atoms with Crippen LogP contribution in [0.25, 0.3) is 22.5 Å². The van der Waals surface area contributed by atoms with Gasteiger partial charge in [0.15, 0.2) is 16.7 Å². The van der Waals surface area contributed by atoms with Crippen molar-refractivity contribution >= 4 is 25.3 Å². The maximum atomic E-state index is 14.3. The molecule has 0 aliphatic carbocycles. The van der Waals surface area contributed by atoms with Crippen molar-refractivity contribution in [1.29, 1.82) is 0 Å². The maximum absolute atomic E-state index is 14.3. The Morgan fingerprint density at radius 1 is 1.32 bits per heavy atom. The molecule has 11 heteroatoms. The van der Waals surface area contributed by atoms with Gasteiger partial charge in [-0.05, 0) is 38.1 Å². The van der Waals surface area contributed by atoms with E-state index in [0.29, 0.717) is 34.6 Å². The van der Waals surface area contributed by atoms with E-state index in [1.165, 1.54) is 23.0 Å². The number of nitrogen functional groups attached to an aromatic ring is 1. The second-order valence-electron chi connectivity index (χ2n) is 8.26. The molecule has 8 nitrogen and oxygen atoms in total. The highest BCUT2D eigenvalue weighted by molar-refractivity contribution is 6.32. The molecular formula is C23H21BClFN6O2. The molecule has 0 fully saturated rings. The summed E-state index contributed by atoms with van der Waals surface area (Å²) in [5.41, 5.74) is 6.88. The molecular weight excluding hydrogens is 458 g/mol. The van der Waals surface area contributed by atoms with E-state index in [0.717, 1.165) is 0 Å². The highest BCUT2D eigenvalue weighted by atomic mass is 35.5. The van der Waals surface area contributed by atoms with E-state index >= 15 is 0 Å². The zero-order valence-corrected chi connectivity index (χ0v) is 19.5. The number of aliphatic hydroxyl groups is 1. The van der Waals surface area contributed by atoms with E-state index in [1.54, 1.807) is 37.0 Å². The molecule has 34 heavy (non-hydrogen) atoms. The summed E-state index contributed by atoms with van der Waals surface area (Å²) in [4.78, 5) is 4.27. The summed E-state index contributed by atoms with van der Waals surface area (Å²) in [5, 5.41) is 20.8. The molecule has 172 valence electrons. The number of hydrogen-bond acceptors (Lipinski definition) is 6. The average molecular weight is 479 g/mol. The first-order chi connectivity index (χ1) is 16.1.